The van der Waals surface area contributed by atoms with E-state index < -0.39 is 0 Å². The molecule has 1 nitrogen and oxygen atoms in total. The van der Waals surface area contributed by atoms with E-state index in [2.05, 4.69) is 4.98 Å². The van der Waals surface area contributed by atoms with Gasteiger partial charge in [0, 0.05) is 11.1 Å². The van der Waals surface area contributed by atoms with E-state index in [-0.39, 0.29) is 11.6 Å². The maximum absolute atomic E-state index is 12.9. The molecule has 0 aliphatic heterocycles. The van der Waals surface area contributed by atoms with Crippen molar-refractivity contribution in [2.75, 3.05) is 0 Å². The summed E-state index contributed by atoms with van der Waals surface area (Å²) in [7, 11) is 0. The van der Waals surface area contributed by atoms with Gasteiger partial charge in [-0.3, -0.25) is 0 Å². The molecule has 3 aromatic rings. The molecule has 0 radical (unpaired) electrons. The van der Waals surface area contributed by atoms with E-state index in [0.29, 0.717) is 0 Å². The summed E-state index contributed by atoms with van der Waals surface area (Å²) in [6.45, 7) is 0. The van der Waals surface area contributed by atoms with Crippen LogP contribution in [0.2, 0.25) is 0 Å². The first-order valence-corrected chi connectivity index (χ1v) is 6.21. The van der Waals surface area contributed by atoms with Crippen LogP contribution in [-0.4, -0.2) is 4.98 Å². The SMILES string of the molecule is Fc1ccc(-c2cccc(-c3ccc(F)cc3)n2)cc1. The molecule has 0 aliphatic carbocycles. The molecule has 0 saturated heterocycles. The van der Waals surface area contributed by atoms with Crippen molar-refractivity contribution in [3.63, 3.8) is 0 Å². The van der Waals surface area contributed by atoms with Crippen molar-refractivity contribution >= 4 is 0 Å². The number of halogens is 2. The lowest BCUT2D eigenvalue weighted by molar-refractivity contribution is 0.627. The molecule has 1 aromatic heterocycles. The Balaban J connectivity index is 2.01. The van der Waals surface area contributed by atoms with Gasteiger partial charge in [-0.25, -0.2) is 13.8 Å². The molecule has 0 bridgehead atoms. The zero-order valence-electron chi connectivity index (χ0n) is 10.6. The normalized spacial score (nSPS) is 10.5. The van der Waals surface area contributed by atoms with Gasteiger partial charge in [-0.1, -0.05) is 6.07 Å². The van der Waals surface area contributed by atoms with E-state index in [9.17, 15) is 8.78 Å². The summed E-state index contributed by atoms with van der Waals surface area (Å²) in [5, 5.41) is 0. The van der Waals surface area contributed by atoms with E-state index in [1.807, 2.05) is 18.2 Å². The fourth-order valence-electron chi connectivity index (χ4n) is 2.00. The lowest BCUT2D eigenvalue weighted by atomic mass is 10.1. The third-order valence-electron chi connectivity index (χ3n) is 3.03. The van der Waals surface area contributed by atoms with Crippen molar-refractivity contribution in [3.05, 3.63) is 78.4 Å². The van der Waals surface area contributed by atoms with E-state index in [4.69, 9.17) is 0 Å². The van der Waals surface area contributed by atoms with Gasteiger partial charge in [0.15, 0.2) is 0 Å². The zero-order valence-corrected chi connectivity index (χ0v) is 10.6. The molecule has 1 heterocycles. The van der Waals surface area contributed by atoms with Crippen molar-refractivity contribution in [2.24, 2.45) is 0 Å². The topological polar surface area (TPSA) is 12.9 Å². The first-order chi connectivity index (χ1) is 9.72. The molecule has 0 fully saturated rings. The average Bonchev–Trinajstić information content (AvgIpc) is 2.49. The Kier molecular flexibility index (Phi) is 3.25. The molecule has 0 amide bonds. The largest absolute Gasteiger partial charge is 0.248 e. The van der Waals surface area contributed by atoms with Gasteiger partial charge in [0.1, 0.15) is 11.6 Å². The van der Waals surface area contributed by atoms with Gasteiger partial charge in [-0.05, 0) is 60.7 Å². The third-order valence-corrected chi connectivity index (χ3v) is 3.03. The molecule has 0 N–H and O–H groups in total. The van der Waals surface area contributed by atoms with Crippen LogP contribution in [0.5, 0.6) is 0 Å². The molecule has 3 heteroatoms. The fourth-order valence-corrected chi connectivity index (χ4v) is 2.00. The van der Waals surface area contributed by atoms with E-state index in [1.165, 1.54) is 24.3 Å². The Hall–Kier alpha value is -2.55. The van der Waals surface area contributed by atoms with E-state index in [0.717, 1.165) is 22.5 Å². The molecule has 2 aromatic carbocycles. The first kappa shape index (κ1) is 12.5. The predicted octanol–water partition coefficient (Wildman–Crippen LogP) is 4.69. The summed E-state index contributed by atoms with van der Waals surface area (Å²) in [4.78, 5) is 4.53. The van der Waals surface area contributed by atoms with Crippen LogP contribution < -0.4 is 0 Å². The number of hydrogen-bond acceptors (Lipinski definition) is 1. The van der Waals surface area contributed by atoms with Crippen molar-refractivity contribution in [1.29, 1.82) is 0 Å². The molecule has 0 spiro atoms. The summed E-state index contributed by atoms with van der Waals surface area (Å²) < 4.78 is 25.9. The van der Waals surface area contributed by atoms with Crippen LogP contribution >= 0.6 is 0 Å². The lowest BCUT2D eigenvalue weighted by Crippen LogP contribution is -1.88. The van der Waals surface area contributed by atoms with Crippen molar-refractivity contribution in [1.82, 2.24) is 4.98 Å². The molecule has 3 rings (SSSR count). The highest BCUT2D eigenvalue weighted by Crippen LogP contribution is 2.23. The van der Waals surface area contributed by atoms with Gasteiger partial charge in [-0.2, -0.15) is 0 Å². The Morgan fingerprint density at radius 3 is 1.35 bits per heavy atom. The maximum Gasteiger partial charge on any atom is 0.123 e. The number of hydrogen-bond donors (Lipinski definition) is 0. The minimum Gasteiger partial charge on any atom is -0.248 e. The van der Waals surface area contributed by atoms with Crippen LogP contribution in [0, 0.1) is 11.6 Å². The van der Waals surface area contributed by atoms with E-state index in [1.54, 1.807) is 24.3 Å². The monoisotopic (exact) mass is 267 g/mol. The highest BCUT2D eigenvalue weighted by Gasteiger charge is 2.03. The van der Waals surface area contributed by atoms with Crippen LogP contribution in [0.25, 0.3) is 22.5 Å². The maximum atomic E-state index is 12.9. The summed E-state index contributed by atoms with van der Waals surface area (Å²) >= 11 is 0. The second-order valence-electron chi connectivity index (χ2n) is 4.42. The van der Waals surface area contributed by atoms with Gasteiger partial charge in [0.25, 0.3) is 0 Å². The second-order valence-corrected chi connectivity index (χ2v) is 4.42. The summed E-state index contributed by atoms with van der Waals surface area (Å²) in [5.74, 6) is -0.549. The summed E-state index contributed by atoms with van der Waals surface area (Å²) in [6, 6.07) is 18.0. The standard InChI is InChI=1S/C17H11F2N/c18-14-8-4-12(5-9-14)16-2-1-3-17(20-16)13-6-10-15(19)11-7-13/h1-11H. The zero-order chi connectivity index (χ0) is 13.9. The van der Waals surface area contributed by atoms with Gasteiger partial charge < -0.3 is 0 Å². The highest BCUT2D eigenvalue weighted by atomic mass is 19.1. The van der Waals surface area contributed by atoms with Crippen LogP contribution in [0.15, 0.2) is 66.7 Å². The Morgan fingerprint density at radius 1 is 0.550 bits per heavy atom. The van der Waals surface area contributed by atoms with Crippen molar-refractivity contribution in [3.8, 4) is 22.5 Å². The van der Waals surface area contributed by atoms with Gasteiger partial charge in [0.05, 0.1) is 11.4 Å². The Labute approximate surface area is 115 Å². The Morgan fingerprint density at radius 2 is 0.950 bits per heavy atom. The number of nitrogens with zero attached hydrogens (tertiary/aromatic N) is 1. The lowest BCUT2D eigenvalue weighted by Gasteiger charge is -2.05. The minimum atomic E-state index is -0.275. The smallest absolute Gasteiger partial charge is 0.123 e. The molecule has 0 saturated carbocycles. The predicted molar refractivity (Wildman–Crippen MR) is 75.0 cm³/mol. The molecule has 98 valence electrons. The molecule has 0 unspecified atom stereocenters. The second kappa shape index (κ2) is 5.21. The highest BCUT2D eigenvalue weighted by molar-refractivity contribution is 5.65. The van der Waals surface area contributed by atoms with Gasteiger partial charge in [-0.15, -0.1) is 0 Å². The number of benzene rings is 2. The molecule has 20 heavy (non-hydrogen) atoms. The average molecular weight is 267 g/mol. The minimum absolute atomic E-state index is 0.275. The molecular formula is C17H11F2N. The molecule has 0 atom stereocenters. The van der Waals surface area contributed by atoms with Crippen LogP contribution in [-0.2, 0) is 0 Å². The van der Waals surface area contributed by atoms with Crippen molar-refractivity contribution in [2.45, 2.75) is 0 Å². The Bertz CT molecular complexity index is 658. The molecular weight excluding hydrogens is 256 g/mol. The van der Waals surface area contributed by atoms with Gasteiger partial charge >= 0.3 is 0 Å². The number of pyridine rings is 1. The summed E-state index contributed by atoms with van der Waals surface area (Å²) in [6.07, 6.45) is 0. The summed E-state index contributed by atoms with van der Waals surface area (Å²) in [5.41, 5.74) is 3.20. The van der Waals surface area contributed by atoms with Crippen LogP contribution in [0.4, 0.5) is 8.78 Å². The third kappa shape index (κ3) is 2.57. The van der Waals surface area contributed by atoms with Crippen LogP contribution in [0.3, 0.4) is 0 Å². The van der Waals surface area contributed by atoms with Crippen molar-refractivity contribution < 1.29 is 8.78 Å². The first-order valence-electron chi connectivity index (χ1n) is 6.21. The quantitative estimate of drug-likeness (QED) is 0.656. The van der Waals surface area contributed by atoms with Gasteiger partial charge in [0.2, 0.25) is 0 Å². The fraction of sp³-hybridized carbons (Fsp3) is 0. The molecule has 0 aliphatic rings. The number of rotatable bonds is 2. The van der Waals surface area contributed by atoms with E-state index >= 15 is 0 Å². The number of aromatic nitrogens is 1. The van der Waals surface area contributed by atoms with Crippen LogP contribution in [0.1, 0.15) is 0 Å².